The van der Waals surface area contributed by atoms with Gasteiger partial charge in [-0.15, -0.1) is 0 Å². The fourth-order valence-electron chi connectivity index (χ4n) is 1.82. The molecule has 1 saturated heterocycles. The number of carbonyl (C=O) groups is 1. The van der Waals surface area contributed by atoms with Crippen LogP contribution in [0.5, 0.6) is 0 Å². The summed E-state index contributed by atoms with van der Waals surface area (Å²) in [7, 11) is 1.22. The fraction of sp³-hybridized carbons (Fsp3) is 0.364. The Labute approximate surface area is 102 Å². The number of para-hydroxylation sites is 1. The number of methoxy groups -OCH3 is 1. The highest BCUT2D eigenvalue weighted by Gasteiger charge is 2.40. The van der Waals surface area contributed by atoms with Crippen molar-refractivity contribution in [3.63, 3.8) is 0 Å². The number of benzene rings is 1. The van der Waals surface area contributed by atoms with Gasteiger partial charge in [-0.05, 0) is 6.07 Å². The van der Waals surface area contributed by atoms with Crippen LogP contribution in [0.4, 0.5) is 5.69 Å². The average Bonchev–Trinajstić information content (AvgIpc) is 2.86. The van der Waals surface area contributed by atoms with Crippen LogP contribution in [0.3, 0.4) is 0 Å². The summed E-state index contributed by atoms with van der Waals surface area (Å²) in [6, 6.07) is 6.07. The van der Waals surface area contributed by atoms with E-state index in [1.54, 1.807) is 12.1 Å². The van der Waals surface area contributed by atoms with E-state index in [9.17, 15) is 14.9 Å². The number of rotatable bonds is 3. The molecule has 0 bridgehead atoms. The van der Waals surface area contributed by atoms with Crippen molar-refractivity contribution in [3.8, 4) is 0 Å². The van der Waals surface area contributed by atoms with E-state index in [1.165, 1.54) is 19.2 Å². The van der Waals surface area contributed by atoms with Crippen molar-refractivity contribution in [1.29, 1.82) is 0 Å². The summed E-state index contributed by atoms with van der Waals surface area (Å²) in [5, 5.41) is 10.9. The molecule has 0 saturated carbocycles. The first-order valence-corrected chi connectivity index (χ1v) is 5.19. The summed E-state index contributed by atoms with van der Waals surface area (Å²) in [6.07, 6.45) is -1.80. The highest BCUT2D eigenvalue weighted by Crippen LogP contribution is 2.34. The molecule has 0 radical (unpaired) electrons. The molecule has 0 spiro atoms. The van der Waals surface area contributed by atoms with E-state index in [0.717, 1.165) is 0 Å². The van der Waals surface area contributed by atoms with Gasteiger partial charge in [0.1, 0.15) is 12.9 Å². The van der Waals surface area contributed by atoms with Gasteiger partial charge in [-0.2, -0.15) is 0 Å². The molecule has 1 heterocycles. The van der Waals surface area contributed by atoms with Crippen LogP contribution in [0.25, 0.3) is 0 Å². The maximum atomic E-state index is 11.5. The number of hydrogen-bond acceptors (Lipinski definition) is 6. The van der Waals surface area contributed by atoms with E-state index < -0.39 is 23.1 Å². The molecule has 96 valence electrons. The number of carbonyl (C=O) groups excluding carboxylic acids is 1. The van der Waals surface area contributed by atoms with Crippen LogP contribution < -0.4 is 0 Å². The quantitative estimate of drug-likeness (QED) is 0.456. The largest absolute Gasteiger partial charge is 0.467 e. The molecule has 0 aliphatic carbocycles. The number of hydrogen-bond donors (Lipinski definition) is 0. The zero-order chi connectivity index (χ0) is 13.1. The van der Waals surface area contributed by atoms with Gasteiger partial charge in [0.15, 0.2) is 6.10 Å². The number of nitro benzene ring substituents is 1. The zero-order valence-electron chi connectivity index (χ0n) is 9.57. The Morgan fingerprint density at radius 3 is 2.83 bits per heavy atom. The maximum absolute atomic E-state index is 11.5. The van der Waals surface area contributed by atoms with Gasteiger partial charge in [0.25, 0.3) is 5.69 Å². The number of ether oxygens (including phenoxy) is 3. The fourth-order valence-corrected chi connectivity index (χ4v) is 1.82. The smallest absolute Gasteiger partial charge is 0.338 e. The Morgan fingerprint density at radius 1 is 1.44 bits per heavy atom. The lowest BCUT2D eigenvalue weighted by molar-refractivity contribution is -0.386. The zero-order valence-corrected chi connectivity index (χ0v) is 9.57. The van der Waals surface area contributed by atoms with Gasteiger partial charge in [0.2, 0.25) is 0 Å². The van der Waals surface area contributed by atoms with Crippen molar-refractivity contribution in [2.75, 3.05) is 13.9 Å². The molecule has 1 aromatic carbocycles. The Kier molecular flexibility index (Phi) is 3.54. The molecule has 1 aliphatic rings. The lowest BCUT2D eigenvalue weighted by Crippen LogP contribution is -2.27. The van der Waals surface area contributed by atoms with Crippen molar-refractivity contribution in [3.05, 3.63) is 39.9 Å². The van der Waals surface area contributed by atoms with Crippen molar-refractivity contribution in [2.24, 2.45) is 0 Å². The second-order valence-electron chi connectivity index (χ2n) is 3.63. The van der Waals surface area contributed by atoms with Crippen LogP contribution in [-0.4, -0.2) is 30.9 Å². The standard InChI is InChI=1S/C11H11NO6/c1-16-11(13)10-9(17-6-18-10)7-4-2-3-5-8(7)12(14)15/h2-5,9-10H,6H2,1H3. The summed E-state index contributed by atoms with van der Waals surface area (Å²) in [5.41, 5.74) is 0.192. The molecule has 2 rings (SSSR count). The number of nitro groups is 1. The van der Waals surface area contributed by atoms with Gasteiger partial charge in [-0.3, -0.25) is 10.1 Å². The third kappa shape index (κ3) is 2.18. The van der Waals surface area contributed by atoms with E-state index in [2.05, 4.69) is 4.74 Å². The second-order valence-corrected chi connectivity index (χ2v) is 3.63. The van der Waals surface area contributed by atoms with Crippen LogP contribution >= 0.6 is 0 Å². The minimum atomic E-state index is -0.976. The van der Waals surface area contributed by atoms with Gasteiger partial charge >= 0.3 is 5.97 Å². The van der Waals surface area contributed by atoms with Gasteiger partial charge in [0, 0.05) is 6.07 Å². The molecule has 7 nitrogen and oxygen atoms in total. The second kappa shape index (κ2) is 5.11. The highest BCUT2D eigenvalue weighted by molar-refractivity contribution is 5.76. The third-order valence-electron chi connectivity index (χ3n) is 2.64. The predicted octanol–water partition coefficient (Wildman–Crippen LogP) is 1.18. The van der Waals surface area contributed by atoms with E-state index in [1.807, 2.05) is 0 Å². The minimum absolute atomic E-state index is 0.101. The first-order valence-electron chi connectivity index (χ1n) is 5.19. The van der Waals surface area contributed by atoms with Crippen LogP contribution in [-0.2, 0) is 19.0 Å². The summed E-state index contributed by atoms with van der Waals surface area (Å²) < 4.78 is 14.9. The summed E-state index contributed by atoms with van der Waals surface area (Å²) in [5.74, 6) is -0.615. The molecular formula is C11H11NO6. The van der Waals surface area contributed by atoms with Crippen LogP contribution in [0, 0.1) is 10.1 Å². The minimum Gasteiger partial charge on any atom is -0.467 e. The average molecular weight is 253 g/mol. The Morgan fingerprint density at radius 2 is 2.17 bits per heavy atom. The molecule has 2 unspecified atom stereocenters. The molecule has 0 N–H and O–H groups in total. The first kappa shape index (κ1) is 12.5. The molecular weight excluding hydrogens is 242 g/mol. The van der Waals surface area contributed by atoms with Gasteiger partial charge in [-0.25, -0.2) is 4.79 Å². The molecule has 1 fully saturated rings. The molecule has 1 aliphatic heterocycles. The van der Waals surface area contributed by atoms with Crippen LogP contribution in [0.15, 0.2) is 24.3 Å². The van der Waals surface area contributed by atoms with E-state index in [-0.39, 0.29) is 12.5 Å². The van der Waals surface area contributed by atoms with Crippen molar-refractivity contribution in [2.45, 2.75) is 12.2 Å². The van der Waals surface area contributed by atoms with Crippen molar-refractivity contribution >= 4 is 11.7 Å². The lowest BCUT2D eigenvalue weighted by Gasteiger charge is -2.14. The Balaban J connectivity index is 2.36. The number of nitrogens with zero attached hydrogens (tertiary/aromatic N) is 1. The third-order valence-corrected chi connectivity index (χ3v) is 2.64. The van der Waals surface area contributed by atoms with Crippen LogP contribution in [0.2, 0.25) is 0 Å². The summed E-state index contributed by atoms with van der Waals surface area (Å²) >= 11 is 0. The SMILES string of the molecule is COC(=O)C1OCOC1c1ccccc1[N+](=O)[O-]. The van der Waals surface area contributed by atoms with Crippen LogP contribution in [0.1, 0.15) is 11.7 Å². The first-order chi connectivity index (χ1) is 8.65. The van der Waals surface area contributed by atoms with E-state index in [0.29, 0.717) is 5.56 Å². The number of esters is 1. The summed E-state index contributed by atoms with van der Waals surface area (Å²) in [6.45, 7) is -0.101. The molecule has 0 aromatic heterocycles. The Bertz CT molecular complexity index is 474. The van der Waals surface area contributed by atoms with E-state index >= 15 is 0 Å². The Hall–Kier alpha value is -1.99. The molecule has 1 aromatic rings. The molecule has 18 heavy (non-hydrogen) atoms. The van der Waals surface area contributed by atoms with Crippen molar-refractivity contribution in [1.82, 2.24) is 0 Å². The summed E-state index contributed by atoms with van der Waals surface area (Å²) in [4.78, 5) is 21.9. The highest BCUT2D eigenvalue weighted by atomic mass is 16.7. The van der Waals surface area contributed by atoms with Crippen molar-refractivity contribution < 1.29 is 23.9 Å². The maximum Gasteiger partial charge on any atom is 0.338 e. The molecule has 7 heteroatoms. The molecule has 0 amide bonds. The molecule has 2 atom stereocenters. The van der Waals surface area contributed by atoms with Gasteiger partial charge in [0.05, 0.1) is 17.6 Å². The topological polar surface area (TPSA) is 87.9 Å². The van der Waals surface area contributed by atoms with Gasteiger partial charge in [-0.1, -0.05) is 12.1 Å². The lowest BCUT2D eigenvalue weighted by atomic mass is 10.0. The normalized spacial score (nSPS) is 22.7. The van der Waals surface area contributed by atoms with E-state index in [4.69, 9.17) is 9.47 Å². The monoisotopic (exact) mass is 253 g/mol. The van der Waals surface area contributed by atoms with Gasteiger partial charge < -0.3 is 14.2 Å². The predicted molar refractivity (Wildman–Crippen MR) is 58.7 cm³/mol.